The Morgan fingerprint density at radius 1 is 1.46 bits per heavy atom. The molecule has 0 N–H and O–H groups in total. The minimum atomic E-state index is -0.745. The molecule has 3 aliphatic rings. The molecule has 0 radical (unpaired) electrons. The van der Waals surface area contributed by atoms with E-state index in [1.165, 1.54) is 0 Å². The lowest BCUT2D eigenvalue weighted by Crippen LogP contribution is -2.40. The van der Waals surface area contributed by atoms with Gasteiger partial charge in [-0.15, -0.1) is 0 Å². The Hall–Kier alpha value is -1.85. The maximum absolute atomic E-state index is 13.0. The third-order valence-corrected chi connectivity index (χ3v) is 5.08. The Bertz CT molecular complexity index is 746. The lowest BCUT2D eigenvalue weighted by atomic mass is 9.77. The molecule has 2 fully saturated rings. The SMILES string of the molecule is CC(C)OC(=O)C1C2C=CC3(CN(c4cccc(Cl)c4)C(=O)C13)O2. The molecule has 4 rings (SSSR count). The van der Waals surface area contributed by atoms with Crippen molar-refractivity contribution in [3.8, 4) is 0 Å². The Balaban J connectivity index is 1.68. The number of ether oxygens (including phenoxy) is 2. The van der Waals surface area contributed by atoms with E-state index in [2.05, 4.69) is 0 Å². The Labute approximate surface area is 145 Å². The van der Waals surface area contributed by atoms with Gasteiger partial charge in [-0.25, -0.2) is 0 Å². The summed E-state index contributed by atoms with van der Waals surface area (Å²) in [6, 6.07) is 7.14. The average molecular weight is 348 g/mol. The van der Waals surface area contributed by atoms with Crippen LogP contribution in [0.5, 0.6) is 0 Å². The summed E-state index contributed by atoms with van der Waals surface area (Å²) in [5.74, 6) is -1.62. The van der Waals surface area contributed by atoms with Crippen LogP contribution in [0.3, 0.4) is 0 Å². The molecule has 1 aromatic rings. The highest BCUT2D eigenvalue weighted by atomic mass is 35.5. The third-order valence-electron chi connectivity index (χ3n) is 4.84. The number of anilines is 1. The molecular weight excluding hydrogens is 330 g/mol. The van der Waals surface area contributed by atoms with Gasteiger partial charge in [0.15, 0.2) is 0 Å². The van der Waals surface area contributed by atoms with Crippen molar-refractivity contribution in [1.29, 1.82) is 0 Å². The zero-order chi connectivity index (χ0) is 17.1. The maximum atomic E-state index is 13.0. The fraction of sp³-hybridized carbons (Fsp3) is 0.444. The standard InChI is InChI=1S/C18H18ClNO4/c1-10(2)23-17(22)14-13-6-7-18(24-13)9-20(16(21)15(14)18)12-5-3-4-11(19)8-12/h3-8,10,13-15H,9H2,1-2H3. The van der Waals surface area contributed by atoms with Gasteiger partial charge in [0, 0.05) is 10.7 Å². The van der Waals surface area contributed by atoms with Gasteiger partial charge in [0.2, 0.25) is 5.91 Å². The van der Waals surface area contributed by atoms with Crippen molar-refractivity contribution in [2.45, 2.75) is 31.7 Å². The van der Waals surface area contributed by atoms with Crippen LogP contribution in [-0.4, -0.2) is 36.2 Å². The van der Waals surface area contributed by atoms with E-state index in [0.29, 0.717) is 17.3 Å². The lowest BCUT2D eigenvalue weighted by Gasteiger charge is -2.23. The summed E-state index contributed by atoms with van der Waals surface area (Å²) in [5.41, 5.74) is -0.0298. The van der Waals surface area contributed by atoms with Crippen LogP contribution < -0.4 is 4.90 Å². The first kappa shape index (κ1) is 15.7. The summed E-state index contributed by atoms with van der Waals surface area (Å²) in [7, 11) is 0. The number of carbonyl (C=O) groups is 2. The van der Waals surface area contributed by atoms with E-state index in [4.69, 9.17) is 21.1 Å². The predicted molar refractivity (Wildman–Crippen MR) is 88.8 cm³/mol. The molecule has 4 atom stereocenters. The topological polar surface area (TPSA) is 55.8 Å². The minimum absolute atomic E-state index is 0.116. The molecule has 0 aromatic heterocycles. The molecule has 1 aromatic carbocycles. The Morgan fingerprint density at radius 3 is 2.96 bits per heavy atom. The quantitative estimate of drug-likeness (QED) is 0.623. The van der Waals surface area contributed by atoms with Crippen LogP contribution in [0.1, 0.15) is 13.8 Å². The van der Waals surface area contributed by atoms with E-state index in [0.717, 1.165) is 0 Å². The van der Waals surface area contributed by atoms with Gasteiger partial charge in [-0.05, 0) is 32.0 Å². The van der Waals surface area contributed by atoms with Crippen molar-refractivity contribution in [1.82, 2.24) is 0 Å². The molecule has 3 heterocycles. The van der Waals surface area contributed by atoms with E-state index in [1.54, 1.807) is 36.9 Å². The highest BCUT2D eigenvalue weighted by molar-refractivity contribution is 6.31. The predicted octanol–water partition coefficient (Wildman–Crippen LogP) is 2.58. The van der Waals surface area contributed by atoms with E-state index in [-0.39, 0.29) is 24.1 Å². The lowest BCUT2D eigenvalue weighted by molar-refractivity contribution is -0.156. The molecular formula is C18H18ClNO4. The number of fused-ring (bicyclic) bond motifs is 1. The highest BCUT2D eigenvalue weighted by Gasteiger charge is 2.67. The number of rotatable bonds is 3. The zero-order valence-corrected chi connectivity index (χ0v) is 14.2. The Morgan fingerprint density at radius 2 is 2.25 bits per heavy atom. The normalized spacial score (nSPS) is 33.4. The van der Waals surface area contributed by atoms with Crippen molar-refractivity contribution < 1.29 is 19.1 Å². The number of benzene rings is 1. The van der Waals surface area contributed by atoms with Gasteiger partial charge in [-0.1, -0.05) is 29.8 Å². The number of amides is 1. The molecule has 0 aliphatic carbocycles. The van der Waals surface area contributed by atoms with Crippen molar-refractivity contribution >= 4 is 29.2 Å². The van der Waals surface area contributed by atoms with Gasteiger partial charge in [-0.2, -0.15) is 0 Å². The molecule has 0 saturated carbocycles. The van der Waals surface area contributed by atoms with Crippen LogP contribution in [0.25, 0.3) is 0 Å². The number of hydrogen-bond donors (Lipinski definition) is 0. The largest absolute Gasteiger partial charge is 0.463 e. The van der Waals surface area contributed by atoms with Crippen LogP contribution >= 0.6 is 11.6 Å². The average Bonchev–Trinajstić information content (AvgIpc) is 3.15. The second-order valence-corrected chi connectivity index (χ2v) is 7.23. The molecule has 5 nitrogen and oxygen atoms in total. The molecule has 24 heavy (non-hydrogen) atoms. The van der Waals surface area contributed by atoms with E-state index >= 15 is 0 Å². The molecule has 2 saturated heterocycles. The van der Waals surface area contributed by atoms with E-state index in [1.807, 2.05) is 18.2 Å². The first-order valence-corrected chi connectivity index (χ1v) is 8.44. The smallest absolute Gasteiger partial charge is 0.313 e. The minimum Gasteiger partial charge on any atom is -0.463 e. The summed E-state index contributed by atoms with van der Waals surface area (Å²) in [5, 5.41) is 0.561. The summed E-state index contributed by atoms with van der Waals surface area (Å²) in [4.78, 5) is 27.2. The third kappa shape index (κ3) is 2.19. The summed E-state index contributed by atoms with van der Waals surface area (Å²) >= 11 is 6.05. The molecule has 3 aliphatic heterocycles. The van der Waals surface area contributed by atoms with E-state index in [9.17, 15) is 9.59 Å². The first-order chi connectivity index (χ1) is 11.4. The van der Waals surface area contributed by atoms with E-state index < -0.39 is 17.4 Å². The van der Waals surface area contributed by atoms with Crippen molar-refractivity contribution in [3.63, 3.8) is 0 Å². The highest BCUT2D eigenvalue weighted by Crippen LogP contribution is 2.53. The number of esters is 1. The van der Waals surface area contributed by atoms with Crippen molar-refractivity contribution in [3.05, 3.63) is 41.4 Å². The second kappa shape index (κ2) is 5.33. The summed E-state index contributed by atoms with van der Waals surface area (Å²) in [6.45, 7) is 3.98. The summed E-state index contributed by atoms with van der Waals surface area (Å²) in [6.07, 6.45) is 3.19. The molecule has 2 bridgehead atoms. The maximum Gasteiger partial charge on any atom is 0.313 e. The molecule has 4 unspecified atom stereocenters. The van der Waals surface area contributed by atoms with Crippen LogP contribution in [0.15, 0.2) is 36.4 Å². The van der Waals surface area contributed by atoms with Gasteiger partial charge in [-0.3, -0.25) is 9.59 Å². The fourth-order valence-electron chi connectivity index (χ4n) is 3.94. The molecule has 1 spiro atoms. The zero-order valence-electron chi connectivity index (χ0n) is 13.4. The second-order valence-electron chi connectivity index (χ2n) is 6.79. The van der Waals surface area contributed by atoms with Gasteiger partial charge in [0.1, 0.15) is 11.5 Å². The van der Waals surface area contributed by atoms with Gasteiger partial charge < -0.3 is 14.4 Å². The van der Waals surface area contributed by atoms with Crippen LogP contribution in [-0.2, 0) is 19.1 Å². The monoisotopic (exact) mass is 347 g/mol. The fourth-order valence-corrected chi connectivity index (χ4v) is 4.13. The number of carbonyl (C=O) groups excluding carboxylic acids is 2. The van der Waals surface area contributed by atoms with Crippen LogP contribution in [0.2, 0.25) is 5.02 Å². The number of hydrogen-bond acceptors (Lipinski definition) is 4. The van der Waals surface area contributed by atoms with Crippen LogP contribution in [0.4, 0.5) is 5.69 Å². The van der Waals surface area contributed by atoms with Crippen LogP contribution in [0, 0.1) is 11.8 Å². The molecule has 126 valence electrons. The van der Waals surface area contributed by atoms with Gasteiger partial charge >= 0.3 is 5.97 Å². The molecule has 6 heteroatoms. The first-order valence-electron chi connectivity index (χ1n) is 8.06. The summed E-state index contributed by atoms with van der Waals surface area (Å²) < 4.78 is 11.4. The number of nitrogens with zero attached hydrogens (tertiary/aromatic N) is 1. The van der Waals surface area contributed by atoms with Gasteiger partial charge in [0.05, 0.1) is 24.7 Å². The molecule has 1 amide bonds. The van der Waals surface area contributed by atoms with Crippen molar-refractivity contribution in [2.75, 3.05) is 11.4 Å². The Kier molecular flexibility index (Phi) is 3.48. The number of halogens is 1. The van der Waals surface area contributed by atoms with Gasteiger partial charge in [0.25, 0.3) is 0 Å². The van der Waals surface area contributed by atoms with Crippen molar-refractivity contribution in [2.24, 2.45) is 11.8 Å².